The van der Waals surface area contributed by atoms with Gasteiger partial charge in [0.1, 0.15) is 17.3 Å². The average molecular weight is 479 g/mol. The number of allylic oxidation sites excluding steroid dienone is 2. The summed E-state index contributed by atoms with van der Waals surface area (Å²) in [6.45, 7) is 4.19. The normalized spacial score (nSPS) is 20.8. The van der Waals surface area contributed by atoms with Crippen LogP contribution in [-0.4, -0.2) is 23.8 Å². The molecule has 182 valence electrons. The van der Waals surface area contributed by atoms with Crippen molar-refractivity contribution in [1.29, 1.82) is 5.41 Å². The van der Waals surface area contributed by atoms with Gasteiger partial charge in [-0.15, -0.1) is 0 Å². The topological polar surface area (TPSA) is 73.6 Å². The second kappa shape index (κ2) is 9.15. The Morgan fingerprint density at radius 3 is 2.17 bits per heavy atom. The third-order valence-corrected chi connectivity index (χ3v) is 6.99. The van der Waals surface area contributed by atoms with E-state index in [1.807, 2.05) is 89.8 Å². The van der Waals surface area contributed by atoms with Crippen LogP contribution in [0.15, 0.2) is 102 Å². The summed E-state index contributed by atoms with van der Waals surface area (Å²) >= 11 is 0. The number of hydrogen-bond acceptors (Lipinski definition) is 4. The molecule has 2 aliphatic rings. The summed E-state index contributed by atoms with van der Waals surface area (Å²) in [5.41, 5.74) is 3.91. The van der Waals surface area contributed by atoms with Crippen LogP contribution in [0.2, 0.25) is 0 Å². The number of nitrogens with one attached hydrogen (secondary N) is 1. The van der Waals surface area contributed by atoms with Gasteiger partial charge in [-0.2, -0.15) is 0 Å². The van der Waals surface area contributed by atoms with Gasteiger partial charge in [0.2, 0.25) is 0 Å². The summed E-state index contributed by atoms with van der Waals surface area (Å²) in [6, 6.07) is 26.5. The maximum absolute atomic E-state index is 13.9. The highest BCUT2D eigenvalue weighted by Gasteiger charge is 2.46. The molecule has 3 aromatic rings. The summed E-state index contributed by atoms with van der Waals surface area (Å²) in [7, 11) is 1.61. The van der Waals surface area contributed by atoms with Gasteiger partial charge in [-0.1, -0.05) is 74.5 Å². The highest BCUT2D eigenvalue weighted by molar-refractivity contribution is 6.19. The Morgan fingerprint density at radius 2 is 1.56 bits per heavy atom. The number of anilines is 1. The van der Waals surface area contributed by atoms with Crippen molar-refractivity contribution in [2.24, 2.45) is 5.41 Å². The molecule has 1 heterocycles. The number of hydrogen-bond donors (Lipinski definition) is 2. The number of carbonyl (C=O) groups is 1. The van der Waals surface area contributed by atoms with Crippen LogP contribution in [0.1, 0.15) is 43.7 Å². The van der Waals surface area contributed by atoms with E-state index in [0.29, 0.717) is 35.3 Å². The number of aliphatic hydroxyl groups is 1. The molecular formula is C31H30N2O3. The molecule has 3 aromatic carbocycles. The van der Waals surface area contributed by atoms with Gasteiger partial charge in [-0.05, 0) is 41.7 Å². The molecule has 36 heavy (non-hydrogen) atoms. The quantitative estimate of drug-likeness (QED) is 0.401. The third kappa shape index (κ3) is 4.11. The monoisotopic (exact) mass is 478 g/mol. The lowest BCUT2D eigenvalue weighted by Gasteiger charge is -2.45. The van der Waals surface area contributed by atoms with Gasteiger partial charge in [0.25, 0.3) is 0 Å². The van der Waals surface area contributed by atoms with Crippen molar-refractivity contribution >= 4 is 23.1 Å². The number of Topliss-reactive ketones (excluding diaryl/α,β-unsaturated/α-hetero) is 1. The Bertz CT molecular complexity index is 1370. The van der Waals surface area contributed by atoms with E-state index >= 15 is 0 Å². The first kappa shape index (κ1) is 23.6. The largest absolute Gasteiger partial charge is 0.507 e. The van der Waals surface area contributed by atoms with Gasteiger partial charge in [-0.3, -0.25) is 15.1 Å². The predicted molar refractivity (Wildman–Crippen MR) is 143 cm³/mol. The summed E-state index contributed by atoms with van der Waals surface area (Å²) in [5, 5.41) is 21.1. The zero-order valence-electron chi connectivity index (χ0n) is 20.8. The SMILES string of the molecule is COc1ccc([C@H]2C3=C(CC(C)(C)CC3=O)N(c3ccccc3)C(=N)/C2=C(/O)c2ccccc2)cc1. The number of nitrogens with zero attached hydrogens (tertiary/aromatic N) is 1. The lowest BCUT2D eigenvalue weighted by molar-refractivity contribution is -0.118. The standard InChI is InChI=1S/C31H30N2O3/c1-31(2)18-24-27(25(34)19-31)26(20-14-16-23(36-3)17-15-20)28(29(35)21-10-6-4-7-11-21)30(32)33(24)22-12-8-5-9-13-22/h4-17,26,32,35H,18-19H2,1-3H3/b29-28+,32-30?/t26-/m0/s1. The van der Waals surface area contributed by atoms with E-state index in [-0.39, 0.29) is 22.8 Å². The molecule has 5 rings (SSSR count). The van der Waals surface area contributed by atoms with E-state index < -0.39 is 5.92 Å². The summed E-state index contributed by atoms with van der Waals surface area (Å²) < 4.78 is 5.36. The van der Waals surface area contributed by atoms with Crippen molar-refractivity contribution in [2.75, 3.05) is 12.0 Å². The first-order valence-electron chi connectivity index (χ1n) is 12.1. The van der Waals surface area contributed by atoms with Crippen molar-refractivity contribution in [3.05, 3.63) is 113 Å². The highest BCUT2D eigenvalue weighted by atomic mass is 16.5. The minimum Gasteiger partial charge on any atom is -0.507 e. The predicted octanol–water partition coefficient (Wildman–Crippen LogP) is 6.89. The van der Waals surface area contributed by atoms with E-state index in [0.717, 1.165) is 16.9 Å². The van der Waals surface area contributed by atoms with Gasteiger partial charge >= 0.3 is 0 Å². The number of aliphatic hydroxyl groups excluding tert-OH is 1. The fraction of sp³-hybridized carbons (Fsp3) is 0.226. The van der Waals surface area contributed by atoms with Crippen LogP contribution in [0.4, 0.5) is 5.69 Å². The number of benzene rings is 3. The van der Waals surface area contributed by atoms with Crippen molar-refractivity contribution in [3.8, 4) is 5.75 Å². The first-order valence-corrected chi connectivity index (χ1v) is 12.1. The number of carbonyl (C=O) groups excluding carboxylic acids is 1. The number of amidine groups is 1. The van der Waals surface area contributed by atoms with Crippen LogP contribution in [0.3, 0.4) is 0 Å². The van der Waals surface area contributed by atoms with Crippen LogP contribution < -0.4 is 9.64 Å². The van der Waals surface area contributed by atoms with Crippen LogP contribution in [0.5, 0.6) is 5.75 Å². The molecule has 0 radical (unpaired) electrons. The minimum absolute atomic E-state index is 0.00605. The molecule has 2 N–H and O–H groups in total. The lowest BCUT2D eigenvalue weighted by Crippen LogP contribution is -2.45. The molecule has 0 bridgehead atoms. The first-order chi connectivity index (χ1) is 17.3. The minimum atomic E-state index is -0.567. The van der Waals surface area contributed by atoms with Crippen LogP contribution in [0, 0.1) is 10.8 Å². The van der Waals surface area contributed by atoms with Crippen molar-refractivity contribution in [3.63, 3.8) is 0 Å². The molecule has 0 aromatic heterocycles. The second-order valence-electron chi connectivity index (χ2n) is 10.2. The van der Waals surface area contributed by atoms with Crippen molar-refractivity contribution in [2.45, 2.75) is 32.6 Å². The van der Waals surface area contributed by atoms with Crippen LogP contribution in [0.25, 0.3) is 5.76 Å². The summed E-state index contributed by atoms with van der Waals surface area (Å²) in [4.78, 5) is 15.7. The maximum atomic E-state index is 13.9. The van der Waals surface area contributed by atoms with Gasteiger partial charge < -0.3 is 9.84 Å². The summed E-state index contributed by atoms with van der Waals surface area (Å²) in [6.07, 6.45) is 1.06. The number of methoxy groups -OCH3 is 1. The van der Waals surface area contributed by atoms with Crippen LogP contribution in [-0.2, 0) is 4.79 Å². The van der Waals surface area contributed by atoms with E-state index in [9.17, 15) is 15.3 Å². The fourth-order valence-electron chi connectivity index (χ4n) is 5.36. The van der Waals surface area contributed by atoms with E-state index in [4.69, 9.17) is 4.74 Å². The number of para-hydroxylation sites is 1. The molecule has 0 unspecified atom stereocenters. The maximum Gasteiger partial charge on any atom is 0.162 e. The molecule has 0 saturated heterocycles. The zero-order chi connectivity index (χ0) is 25.4. The second-order valence-corrected chi connectivity index (χ2v) is 10.2. The molecule has 1 aliphatic heterocycles. The third-order valence-electron chi connectivity index (χ3n) is 6.99. The Kier molecular flexibility index (Phi) is 6.00. The Morgan fingerprint density at radius 1 is 0.944 bits per heavy atom. The summed E-state index contributed by atoms with van der Waals surface area (Å²) in [5.74, 6) is 0.369. The molecule has 5 nitrogen and oxygen atoms in total. The Hall–Kier alpha value is -4.12. The zero-order valence-corrected chi connectivity index (χ0v) is 20.8. The molecule has 0 saturated carbocycles. The molecular weight excluding hydrogens is 448 g/mol. The Labute approximate surface area is 211 Å². The molecule has 1 atom stereocenters. The average Bonchev–Trinajstić information content (AvgIpc) is 2.88. The lowest BCUT2D eigenvalue weighted by atomic mass is 9.67. The smallest absolute Gasteiger partial charge is 0.162 e. The van der Waals surface area contributed by atoms with Gasteiger partial charge in [0.15, 0.2) is 5.78 Å². The number of rotatable bonds is 4. The molecule has 1 aliphatic carbocycles. The number of ketones is 1. The van der Waals surface area contributed by atoms with Gasteiger partial charge in [0, 0.05) is 40.4 Å². The van der Waals surface area contributed by atoms with Gasteiger partial charge in [0.05, 0.1) is 7.11 Å². The molecule has 0 spiro atoms. The fourth-order valence-corrected chi connectivity index (χ4v) is 5.36. The molecule has 0 amide bonds. The van der Waals surface area contributed by atoms with Gasteiger partial charge in [-0.25, -0.2) is 0 Å². The van der Waals surface area contributed by atoms with E-state index in [1.54, 1.807) is 7.11 Å². The van der Waals surface area contributed by atoms with E-state index in [1.165, 1.54) is 0 Å². The number of ether oxygens (including phenoxy) is 1. The Balaban J connectivity index is 1.84. The molecule has 5 heteroatoms. The van der Waals surface area contributed by atoms with Crippen LogP contribution >= 0.6 is 0 Å². The van der Waals surface area contributed by atoms with E-state index in [2.05, 4.69) is 13.8 Å². The molecule has 0 fully saturated rings. The highest BCUT2D eigenvalue weighted by Crippen LogP contribution is 2.51. The van der Waals surface area contributed by atoms with Crippen molar-refractivity contribution < 1.29 is 14.6 Å². The van der Waals surface area contributed by atoms with Crippen molar-refractivity contribution in [1.82, 2.24) is 0 Å².